The summed E-state index contributed by atoms with van der Waals surface area (Å²) in [6, 6.07) is 10.7. The van der Waals surface area contributed by atoms with E-state index < -0.39 is 11.6 Å². The molecule has 1 N–H and O–H groups in total. The average Bonchev–Trinajstić information content (AvgIpc) is 3.10. The minimum atomic E-state index is -0.705. The lowest BCUT2D eigenvalue weighted by Crippen LogP contribution is -2.02. The van der Waals surface area contributed by atoms with Gasteiger partial charge in [-0.3, -0.25) is 0 Å². The molecule has 4 rings (SSSR count). The Morgan fingerprint density at radius 3 is 2.67 bits per heavy atom. The molecule has 27 heavy (non-hydrogen) atoms. The van der Waals surface area contributed by atoms with E-state index in [-0.39, 0.29) is 17.0 Å². The van der Waals surface area contributed by atoms with E-state index in [4.69, 9.17) is 9.26 Å². The van der Waals surface area contributed by atoms with Crippen LogP contribution in [0.2, 0.25) is 0 Å². The highest BCUT2D eigenvalue weighted by Gasteiger charge is 2.18. The molecular formula is C19H14F2N4O2. The van der Waals surface area contributed by atoms with Gasteiger partial charge in [-0.05, 0) is 29.8 Å². The smallest absolute Gasteiger partial charge is 0.263 e. The molecule has 8 heteroatoms. The first-order valence-electron chi connectivity index (χ1n) is 8.07. The Bertz CT molecular complexity index is 1090. The molecule has 4 aromatic rings. The number of hydrogen-bond donors (Lipinski definition) is 1. The van der Waals surface area contributed by atoms with Crippen LogP contribution in [0.25, 0.3) is 22.4 Å². The molecule has 0 atom stereocenters. The number of aromatic nitrogens is 3. The lowest BCUT2D eigenvalue weighted by molar-refractivity contribution is 0.414. The van der Waals surface area contributed by atoms with Gasteiger partial charge in [-0.2, -0.15) is 4.98 Å². The number of fused-ring (bicyclic) bond motifs is 1. The second kappa shape index (κ2) is 6.99. The van der Waals surface area contributed by atoms with Gasteiger partial charge >= 0.3 is 0 Å². The molecule has 0 saturated heterocycles. The molecule has 136 valence electrons. The minimum absolute atomic E-state index is 0.220. The first-order chi connectivity index (χ1) is 13.1. The van der Waals surface area contributed by atoms with Crippen LogP contribution in [-0.4, -0.2) is 22.2 Å². The molecule has 2 heterocycles. The van der Waals surface area contributed by atoms with Gasteiger partial charge in [0.1, 0.15) is 40.6 Å². The molecule has 0 aliphatic heterocycles. The largest absolute Gasteiger partial charge is 0.497 e. The summed E-state index contributed by atoms with van der Waals surface area (Å²) in [4.78, 5) is 8.25. The zero-order valence-corrected chi connectivity index (χ0v) is 14.2. The van der Waals surface area contributed by atoms with E-state index in [1.807, 2.05) is 24.3 Å². The maximum absolute atomic E-state index is 13.6. The molecule has 0 fully saturated rings. The highest BCUT2D eigenvalue weighted by Crippen LogP contribution is 2.32. The van der Waals surface area contributed by atoms with Gasteiger partial charge in [-0.25, -0.2) is 13.8 Å². The fraction of sp³-hybridized carbons (Fsp3) is 0.105. The normalized spacial score (nSPS) is 10.9. The van der Waals surface area contributed by atoms with E-state index in [0.717, 1.165) is 17.4 Å². The van der Waals surface area contributed by atoms with Crippen molar-refractivity contribution in [2.45, 2.75) is 6.54 Å². The SMILES string of the molecule is COc1cccc(CNc2ncnc3onc(-c4cc(F)cc(F)c4)c23)c1. The maximum atomic E-state index is 13.6. The molecule has 0 bridgehead atoms. The van der Waals surface area contributed by atoms with Crippen LogP contribution in [0.1, 0.15) is 5.56 Å². The molecule has 0 saturated carbocycles. The molecule has 0 radical (unpaired) electrons. The minimum Gasteiger partial charge on any atom is -0.497 e. The Hall–Kier alpha value is -3.55. The molecule has 2 aromatic heterocycles. The van der Waals surface area contributed by atoms with Gasteiger partial charge in [0.05, 0.1) is 7.11 Å². The molecule has 0 amide bonds. The van der Waals surface area contributed by atoms with Crippen LogP contribution in [0.15, 0.2) is 53.3 Å². The van der Waals surface area contributed by atoms with Crippen molar-refractivity contribution in [3.8, 4) is 17.0 Å². The Labute approximate surface area is 152 Å². The third kappa shape index (κ3) is 3.41. The number of rotatable bonds is 5. The van der Waals surface area contributed by atoms with Crippen molar-refractivity contribution in [1.29, 1.82) is 0 Å². The number of hydrogen-bond acceptors (Lipinski definition) is 6. The topological polar surface area (TPSA) is 73.1 Å². The van der Waals surface area contributed by atoms with E-state index in [1.165, 1.54) is 18.5 Å². The lowest BCUT2D eigenvalue weighted by Gasteiger charge is -2.08. The van der Waals surface area contributed by atoms with E-state index in [0.29, 0.717) is 17.7 Å². The van der Waals surface area contributed by atoms with Crippen LogP contribution >= 0.6 is 0 Å². The highest BCUT2D eigenvalue weighted by molar-refractivity contribution is 5.97. The van der Waals surface area contributed by atoms with Crippen LogP contribution in [0.4, 0.5) is 14.6 Å². The molecule has 0 spiro atoms. The predicted molar refractivity (Wildman–Crippen MR) is 95.3 cm³/mol. The summed E-state index contributed by atoms with van der Waals surface area (Å²) in [5.41, 5.74) is 1.69. The standard InChI is InChI=1S/C19H14F2N4O2/c1-26-15-4-2-3-11(5-15)9-22-18-16-17(25-27-19(16)24-10-23-18)12-6-13(20)8-14(21)7-12/h2-8,10H,9H2,1H3,(H,22,23,24). The summed E-state index contributed by atoms with van der Waals surface area (Å²) in [6.45, 7) is 0.450. The van der Waals surface area contributed by atoms with Gasteiger partial charge in [-0.1, -0.05) is 17.3 Å². The zero-order valence-electron chi connectivity index (χ0n) is 14.2. The van der Waals surface area contributed by atoms with Gasteiger partial charge in [0.15, 0.2) is 0 Å². The van der Waals surface area contributed by atoms with Crippen molar-refractivity contribution < 1.29 is 18.0 Å². The van der Waals surface area contributed by atoms with E-state index in [1.54, 1.807) is 7.11 Å². The number of nitrogens with zero attached hydrogens (tertiary/aromatic N) is 3. The van der Waals surface area contributed by atoms with Gasteiger partial charge in [0.2, 0.25) is 0 Å². The first kappa shape index (κ1) is 16.9. The van der Waals surface area contributed by atoms with Crippen LogP contribution in [0.3, 0.4) is 0 Å². The van der Waals surface area contributed by atoms with Crippen LogP contribution in [-0.2, 0) is 6.54 Å². The molecule has 0 unspecified atom stereocenters. The molecular weight excluding hydrogens is 354 g/mol. The number of benzene rings is 2. The summed E-state index contributed by atoms with van der Waals surface area (Å²) in [5.74, 6) is -0.223. The molecule has 6 nitrogen and oxygen atoms in total. The van der Waals surface area contributed by atoms with Crippen molar-refractivity contribution in [2.75, 3.05) is 12.4 Å². The molecule has 0 aliphatic carbocycles. The lowest BCUT2D eigenvalue weighted by atomic mass is 10.1. The van der Waals surface area contributed by atoms with Crippen molar-refractivity contribution in [1.82, 2.24) is 15.1 Å². The van der Waals surface area contributed by atoms with Crippen molar-refractivity contribution in [3.63, 3.8) is 0 Å². The second-order valence-corrected chi connectivity index (χ2v) is 5.80. The monoisotopic (exact) mass is 368 g/mol. The fourth-order valence-corrected chi connectivity index (χ4v) is 2.78. The maximum Gasteiger partial charge on any atom is 0.263 e. The molecule has 2 aromatic carbocycles. The first-order valence-corrected chi connectivity index (χ1v) is 8.07. The Kier molecular flexibility index (Phi) is 4.37. The Morgan fingerprint density at radius 1 is 1.07 bits per heavy atom. The quantitative estimate of drug-likeness (QED) is 0.570. The molecule has 0 aliphatic rings. The van der Waals surface area contributed by atoms with E-state index in [2.05, 4.69) is 20.4 Å². The average molecular weight is 368 g/mol. The third-order valence-corrected chi connectivity index (χ3v) is 4.00. The Morgan fingerprint density at radius 2 is 1.89 bits per heavy atom. The number of anilines is 1. The van der Waals surface area contributed by atoms with Gasteiger partial charge in [0, 0.05) is 18.2 Å². The summed E-state index contributed by atoms with van der Waals surface area (Å²) in [5, 5.41) is 7.56. The van der Waals surface area contributed by atoms with Gasteiger partial charge in [0.25, 0.3) is 5.71 Å². The van der Waals surface area contributed by atoms with Gasteiger partial charge in [-0.15, -0.1) is 0 Å². The highest BCUT2D eigenvalue weighted by atomic mass is 19.1. The van der Waals surface area contributed by atoms with Crippen LogP contribution < -0.4 is 10.1 Å². The van der Waals surface area contributed by atoms with Crippen molar-refractivity contribution in [2.24, 2.45) is 0 Å². The summed E-state index contributed by atoms with van der Waals surface area (Å²) >= 11 is 0. The van der Waals surface area contributed by atoms with Crippen molar-refractivity contribution in [3.05, 3.63) is 66.0 Å². The summed E-state index contributed by atoms with van der Waals surface area (Å²) < 4.78 is 37.6. The van der Waals surface area contributed by atoms with Crippen molar-refractivity contribution >= 4 is 16.9 Å². The summed E-state index contributed by atoms with van der Waals surface area (Å²) in [7, 11) is 1.60. The number of ether oxygens (including phenoxy) is 1. The second-order valence-electron chi connectivity index (χ2n) is 5.80. The third-order valence-electron chi connectivity index (χ3n) is 4.00. The van der Waals surface area contributed by atoms with Crippen LogP contribution in [0.5, 0.6) is 5.75 Å². The Balaban J connectivity index is 1.72. The predicted octanol–water partition coefficient (Wildman–Crippen LogP) is 4.18. The van der Waals surface area contributed by atoms with E-state index >= 15 is 0 Å². The fourth-order valence-electron chi connectivity index (χ4n) is 2.78. The van der Waals surface area contributed by atoms with Crippen LogP contribution in [0, 0.1) is 11.6 Å². The summed E-state index contributed by atoms with van der Waals surface area (Å²) in [6.07, 6.45) is 1.33. The zero-order chi connectivity index (χ0) is 18.8. The van der Waals surface area contributed by atoms with E-state index in [9.17, 15) is 8.78 Å². The number of nitrogens with one attached hydrogen (secondary N) is 1. The number of halogens is 2. The number of methoxy groups -OCH3 is 1. The van der Waals surface area contributed by atoms with Gasteiger partial charge < -0.3 is 14.6 Å².